The van der Waals surface area contributed by atoms with E-state index in [-0.39, 0.29) is 63.2 Å². The number of hydrogen-bond acceptors (Lipinski definition) is 0. The topological polar surface area (TPSA) is 0 Å². The fraction of sp³-hybridized carbons (Fsp3) is 0.800. The van der Waals surface area contributed by atoms with Gasteiger partial charge in [-0.1, -0.05) is 19.8 Å². The largest absolute Gasteiger partial charge is 0.343 e. The Morgan fingerprint density at radius 1 is 1.12 bits per heavy atom. The Balaban J connectivity index is -0.0000000267. The van der Waals surface area contributed by atoms with Gasteiger partial charge in [0.05, 0.1) is 0 Å². The van der Waals surface area contributed by atoms with Gasteiger partial charge in [-0.3, -0.25) is 0 Å². The van der Waals surface area contributed by atoms with Crippen LogP contribution in [0.15, 0.2) is 0 Å². The Morgan fingerprint density at radius 2 is 1.25 bits per heavy atom. The third-order valence-corrected chi connectivity index (χ3v) is 0.577. The summed E-state index contributed by atoms with van der Waals surface area (Å²) >= 11 is 0. The predicted molar refractivity (Wildman–Crippen MR) is 24.8 cm³/mol. The number of rotatable bonds is 1. The van der Waals surface area contributed by atoms with Gasteiger partial charge in [0, 0.05) is 63.2 Å². The molecule has 0 bridgehead atoms. The van der Waals surface area contributed by atoms with Crippen molar-refractivity contribution in [1.82, 2.24) is 0 Å². The summed E-state index contributed by atoms with van der Waals surface area (Å²) in [6.45, 7) is 8.00. The molecule has 0 amide bonds. The van der Waals surface area contributed by atoms with Gasteiger partial charge in [0.1, 0.15) is 0 Å². The van der Waals surface area contributed by atoms with Crippen LogP contribution in [0, 0.1) is 12.8 Å². The maximum atomic E-state index is 3.69. The van der Waals surface area contributed by atoms with E-state index in [2.05, 4.69) is 20.8 Å². The minimum absolute atomic E-state index is 0. The van der Waals surface area contributed by atoms with Crippen molar-refractivity contribution in [3.05, 3.63) is 6.92 Å². The molecule has 0 aliphatic heterocycles. The maximum Gasteiger partial charge on any atom is 0 e. The van der Waals surface area contributed by atoms with Gasteiger partial charge in [-0.2, -0.15) is 6.42 Å². The summed E-state index contributed by atoms with van der Waals surface area (Å²) < 4.78 is 0. The van der Waals surface area contributed by atoms with E-state index in [0.717, 1.165) is 12.3 Å². The SMILES string of the molecule is [CH2-]CC(C)C.[W].[W].[W]. The molecule has 0 saturated carbocycles. The molecule has 0 aliphatic carbocycles. The van der Waals surface area contributed by atoms with Crippen LogP contribution in [0.25, 0.3) is 0 Å². The molecule has 0 aromatic carbocycles. The van der Waals surface area contributed by atoms with Crippen LogP contribution in [-0.4, -0.2) is 0 Å². The summed E-state index contributed by atoms with van der Waals surface area (Å²) in [4.78, 5) is 0. The molecule has 8 heavy (non-hydrogen) atoms. The predicted octanol–water partition coefficient (Wildman–Crippen LogP) is 1.86. The molecule has 3 heteroatoms. The fourth-order valence-corrected chi connectivity index (χ4v) is 0. The minimum Gasteiger partial charge on any atom is -0.343 e. The van der Waals surface area contributed by atoms with Crippen LogP contribution < -0.4 is 0 Å². The summed E-state index contributed by atoms with van der Waals surface area (Å²) in [7, 11) is 0. The van der Waals surface area contributed by atoms with E-state index < -0.39 is 0 Å². The van der Waals surface area contributed by atoms with E-state index >= 15 is 0 Å². The molecule has 0 rings (SSSR count). The molecule has 0 aliphatic rings. The Hall–Kier alpha value is 2.06. The van der Waals surface area contributed by atoms with Crippen molar-refractivity contribution in [2.45, 2.75) is 20.3 Å². The third kappa shape index (κ3) is 24.4. The van der Waals surface area contributed by atoms with Crippen molar-refractivity contribution in [2.75, 3.05) is 0 Å². The van der Waals surface area contributed by atoms with Gasteiger partial charge in [-0.05, 0) is 0 Å². The molecule has 0 N–H and O–H groups in total. The normalized spacial score (nSPS) is 6.00. The first-order chi connectivity index (χ1) is 2.27. The molecule has 0 aromatic heterocycles. The molecule has 0 heterocycles. The summed E-state index contributed by atoms with van der Waals surface area (Å²) in [6.07, 6.45) is 1.06. The van der Waals surface area contributed by atoms with E-state index in [9.17, 15) is 0 Å². The van der Waals surface area contributed by atoms with Crippen molar-refractivity contribution in [3.63, 3.8) is 0 Å². The van der Waals surface area contributed by atoms with Gasteiger partial charge in [-0.15, -0.1) is 0 Å². The van der Waals surface area contributed by atoms with Crippen molar-refractivity contribution in [3.8, 4) is 0 Å². The summed E-state index contributed by atoms with van der Waals surface area (Å²) in [5.41, 5.74) is 0. The Morgan fingerprint density at radius 3 is 1.25 bits per heavy atom. The van der Waals surface area contributed by atoms with E-state index in [4.69, 9.17) is 0 Å². The molecule has 0 nitrogen and oxygen atoms in total. The van der Waals surface area contributed by atoms with Crippen LogP contribution in [0.2, 0.25) is 0 Å². The third-order valence-electron chi connectivity index (χ3n) is 0.577. The zero-order valence-corrected chi connectivity index (χ0v) is 14.0. The summed E-state index contributed by atoms with van der Waals surface area (Å²) in [5.74, 6) is 0.773. The van der Waals surface area contributed by atoms with E-state index in [1.807, 2.05) is 0 Å². The van der Waals surface area contributed by atoms with Gasteiger partial charge in [0.2, 0.25) is 0 Å². The van der Waals surface area contributed by atoms with Gasteiger partial charge in [-0.25, -0.2) is 0 Å². The summed E-state index contributed by atoms with van der Waals surface area (Å²) in [6, 6.07) is 0. The molecule has 0 unspecified atom stereocenters. The first-order valence-corrected chi connectivity index (χ1v) is 2.06. The standard InChI is InChI=1S/C5H11.3W/c1-4-5(2)3;;;/h5H,1,4H2,2-3H3;;;/q-1;;;. The van der Waals surface area contributed by atoms with Crippen molar-refractivity contribution >= 4 is 0 Å². The average molecular weight is 623 g/mol. The van der Waals surface area contributed by atoms with Crippen LogP contribution in [0.4, 0.5) is 0 Å². The molecule has 50 valence electrons. The molecule has 0 fully saturated rings. The first-order valence-electron chi connectivity index (χ1n) is 2.06. The molecule has 0 saturated heterocycles. The van der Waals surface area contributed by atoms with Crippen LogP contribution in [-0.2, 0) is 63.2 Å². The van der Waals surface area contributed by atoms with Crippen molar-refractivity contribution < 1.29 is 63.2 Å². The van der Waals surface area contributed by atoms with Gasteiger partial charge < -0.3 is 6.92 Å². The molecular weight excluding hydrogens is 612 g/mol. The second-order valence-corrected chi connectivity index (χ2v) is 1.68. The molecule has 0 atom stereocenters. The Kier molecular flexibility index (Phi) is 45.1. The van der Waals surface area contributed by atoms with E-state index in [1.54, 1.807) is 0 Å². The van der Waals surface area contributed by atoms with Crippen molar-refractivity contribution in [2.24, 2.45) is 5.92 Å². The van der Waals surface area contributed by atoms with Crippen molar-refractivity contribution in [1.29, 1.82) is 0 Å². The van der Waals surface area contributed by atoms with E-state index in [1.165, 1.54) is 0 Å². The zero-order chi connectivity index (χ0) is 4.28. The van der Waals surface area contributed by atoms with Crippen LogP contribution in [0.5, 0.6) is 0 Å². The maximum absolute atomic E-state index is 3.69. The van der Waals surface area contributed by atoms with Gasteiger partial charge >= 0.3 is 0 Å². The Labute approximate surface area is 95.4 Å². The molecule has 0 spiro atoms. The molecule has 0 aromatic rings. The molecular formula is C5H11W3-. The zero-order valence-electron chi connectivity index (χ0n) is 5.22. The second-order valence-electron chi connectivity index (χ2n) is 1.68. The van der Waals surface area contributed by atoms with Crippen LogP contribution >= 0.6 is 0 Å². The monoisotopic (exact) mass is 623 g/mol. The van der Waals surface area contributed by atoms with Crippen LogP contribution in [0.3, 0.4) is 0 Å². The van der Waals surface area contributed by atoms with Gasteiger partial charge in [0.25, 0.3) is 0 Å². The minimum atomic E-state index is 0. The fourth-order valence-electron chi connectivity index (χ4n) is 0. The molecule has 0 radical (unpaired) electrons. The summed E-state index contributed by atoms with van der Waals surface area (Å²) in [5, 5.41) is 0. The first kappa shape index (κ1) is 22.5. The second kappa shape index (κ2) is 16.0. The van der Waals surface area contributed by atoms with Crippen LogP contribution in [0.1, 0.15) is 20.3 Å². The average Bonchev–Trinajstić information content (AvgIpc) is 1.38. The van der Waals surface area contributed by atoms with Gasteiger partial charge in [0.15, 0.2) is 0 Å². The Bertz CT molecular complexity index is 21.6. The smallest absolute Gasteiger partial charge is 0 e. The quantitative estimate of drug-likeness (QED) is 0.392. The number of hydrogen-bond donors (Lipinski definition) is 0. The van der Waals surface area contributed by atoms with E-state index in [0.29, 0.717) is 0 Å².